The maximum Gasteiger partial charge on any atom is 0.166 e. The molecular weight excluding hydrogens is 196 g/mol. The first-order chi connectivity index (χ1) is 7.51. The van der Waals surface area contributed by atoms with Gasteiger partial charge in [-0.2, -0.15) is 0 Å². The first-order valence-electron chi connectivity index (χ1n) is 6.13. The number of benzene rings is 1. The Morgan fingerprint density at radius 1 is 1.06 bits per heavy atom. The molecular formula is C15H22O. The highest BCUT2D eigenvalue weighted by Gasteiger charge is 2.19. The number of rotatable bonds is 4. The average molecular weight is 218 g/mol. The van der Waals surface area contributed by atoms with E-state index in [9.17, 15) is 4.79 Å². The van der Waals surface area contributed by atoms with Crippen molar-refractivity contribution in [1.82, 2.24) is 0 Å². The summed E-state index contributed by atoms with van der Waals surface area (Å²) >= 11 is 0. The van der Waals surface area contributed by atoms with Crippen LogP contribution in [-0.4, -0.2) is 5.78 Å². The fraction of sp³-hybridized carbons (Fsp3) is 0.533. The summed E-state index contributed by atoms with van der Waals surface area (Å²) in [4.78, 5) is 12.4. The van der Waals surface area contributed by atoms with Gasteiger partial charge in [0.15, 0.2) is 5.78 Å². The molecule has 0 aromatic heterocycles. The quantitative estimate of drug-likeness (QED) is 0.691. The molecule has 0 unspecified atom stereocenters. The lowest BCUT2D eigenvalue weighted by atomic mass is 9.87. The van der Waals surface area contributed by atoms with Gasteiger partial charge < -0.3 is 0 Å². The van der Waals surface area contributed by atoms with E-state index in [1.165, 1.54) is 5.56 Å². The highest BCUT2D eigenvalue weighted by Crippen LogP contribution is 2.22. The van der Waals surface area contributed by atoms with Crippen molar-refractivity contribution in [2.75, 3.05) is 0 Å². The van der Waals surface area contributed by atoms with Gasteiger partial charge in [0, 0.05) is 11.5 Å². The summed E-state index contributed by atoms with van der Waals surface area (Å²) in [6, 6.07) is 4.20. The van der Waals surface area contributed by atoms with E-state index in [1.54, 1.807) is 0 Å². The van der Waals surface area contributed by atoms with Crippen molar-refractivity contribution in [3.63, 3.8) is 0 Å². The van der Waals surface area contributed by atoms with Crippen LogP contribution in [0.5, 0.6) is 0 Å². The lowest BCUT2D eigenvalue weighted by Gasteiger charge is -2.16. The second-order valence-corrected chi connectivity index (χ2v) is 4.65. The van der Waals surface area contributed by atoms with E-state index >= 15 is 0 Å². The van der Waals surface area contributed by atoms with Crippen LogP contribution in [0.25, 0.3) is 0 Å². The van der Waals surface area contributed by atoms with Crippen LogP contribution < -0.4 is 0 Å². The van der Waals surface area contributed by atoms with Crippen molar-refractivity contribution in [3.8, 4) is 0 Å². The van der Waals surface area contributed by atoms with Crippen LogP contribution in [0.3, 0.4) is 0 Å². The van der Waals surface area contributed by atoms with Crippen LogP contribution in [0.4, 0.5) is 0 Å². The lowest BCUT2D eigenvalue weighted by Crippen LogP contribution is -2.16. The van der Waals surface area contributed by atoms with E-state index < -0.39 is 0 Å². The number of carbonyl (C=O) groups excluding carboxylic acids is 1. The minimum Gasteiger partial charge on any atom is -0.294 e. The zero-order valence-corrected chi connectivity index (χ0v) is 11.1. The van der Waals surface area contributed by atoms with Crippen LogP contribution in [-0.2, 0) is 0 Å². The molecule has 0 aliphatic rings. The topological polar surface area (TPSA) is 17.1 Å². The van der Waals surface area contributed by atoms with E-state index in [0.717, 1.165) is 29.5 Å². The predicted molar refractivity (Wildman–Crippen MR) is 69.1 cm³/mol. The summed E-state index contributed by atoms with van der Waals surface area (Å²) in [5.74, 6) is 0.500. The first-order valence-corrected chi connectivity index (χ1v) is 6.13. The fourth-order valence-corrected chi connectivity index (χ4v) is 2.43. The minimum atomic E-state index is 0.181. The predicted octanol–water partition coefficient (Wildman–Crippen LogP) is 4.23. The smallest absolute Gasteiger partial charge is 0.166 e. The molecule has 0 atom stereocenters. The van der Waals surface area contributed by atoms with Crippen molar-refractivity contribution in [3.05, 3.63) is 34.4 Å². The van der Waals surface area contributed by atoms with Crippen molar-refractivity contribution in [1.29, 1.82) is 0 Å². The Kier molecular flexibility index (Phi) is 4.28. The van der Waals surface area contributed by atoms with Gasteiger partial charge in [-0.05, 0) is 44.7 Å². The second-order valence-electron chi connectivity index (χ2n) is 4.65. The Balaban J connectivity index is 3.18. The molecule has 0 bridgehead atoms. The molecule has 0 amide bonds. The summed E-state index contributed by atoms with van der Waals surface area (Å²) < 4.78 is 0. The molecule has 16 heavy (non-hydrogen) atoms. The van der Waals surface area contributed by atoms with Gasteiger partial charge in [-0.1, -0.05) is 31.5 Å². The van der Waals surface area contributed by atoms with E-state index in [1.807, 2.05) is 13.8 Å². The molecule has 0 N–H and O–H groups in total. The van der Waals surface area contributed by atoms with E-state index in [0.29, 0.717) is 5.78 Å². The normalized spacial score (nSPS) is 10.9. The van der Waals surface area contributed by atoms with Crippen LogP contribution in [0.1, 0.15) is 53.7 Å². The molecule has 0 saturated carbocycles. The number of Topliss-reactive ketones (excluding diaryl/α,β-unsaturated/α-hetero) is 1. The molecule has 0 fully saturated rings. The monoisotopic (exact) mass is 218 g/mol. The van der Waals surface area contributed by atoms with Gasteiger partial charge in [-0.3, -0.25) is 4.79 Å². The number of carbonyl (C=O) groups is 1. The highest BCUT2D eigenvalue weighted by molar-refractivity contribution is 6.00. The minimum absolute atomic E-state index is 0.181. The zero-order chi connectivity index (χ0) is 12.3. The lowest BCUT2D eigenvalue weighted by molar-refractivity contribution is 0.0912. The molecule has 1 aromatic carbocycles. The van der Waals surface area contributed by atoms with Crippen molar-refractivity contribution in [2.45, 2.75) is 47.5 Å². The molecule has 0 aliphatic carbocycles. The first kappa shape index (κ1) is 13.0. The molecule has 1 heteroatoms. The Hall–Kier alpha value is -1.11. The second kappa shape index (κ2) is 5.29. The van der Waals surface area contributed by atoms with Gasteiger partial charge in [-0.15, -0.1) is 0 Å². The molecule has 0 saturated heterocycles. The number of hydrogen-bond acceptors (Lipinski definition) is 1. The number of aryl methyl sites for hydroxylation is 3. The Morgan fingerprint density at radius 2 is 1.50 bits per heavy atom. The molecule has 1 nitrogen and oxygen atoms in total. The summed E-state index contributed by atoms with van der Waals surface area (Å²) in [7, 11) is 0. The molecule has 0 aliphatic heterocycles. The number of hydrogen-bond donors (Lipinski definition) is 0. The third kappa shape index (κ3) is 2.52. The van der Waals surface area contributed by atoms with Gasteiger partial charge >= 0.3 is 0 Å². The van der Waals surface area contributed by atoms with Crippen molar-refractivity contribution in [2.24, 2.45) is 5.92 Å². The van der Waals surface area contributed by atoms with Gasteiger partial charge in [0.1, 0.15) is 0 Å². The Morgan fingerprint density at radius 3 is 1.88 bits per heavy atom. The Labute approximate surface area is 98.9 Å². The third-order valence-electron chi connectivity index (χ3n) is 3.28. The average Bonchev–Trinajstić information content (AvgIpc) is 2.17. The highest BCUT2D eigenvalue weighted by atomic mass is 16.1. The standard InChI is InChI=1S/C15H22O/c1-6-13(7-2)15(16)14-11(4)8-10(3)9-12(14)5/h8-9,13H,6-7H2,1-5H3. The maximum absolute atomic E-state index is 12.4. The fourth-order valence-electron chi connectivity index (χ4n) is 2.43. The summed E-state index contributed by atoms with van der Waals surface area (Å²) in [5, 5.41) is 0. The number of ketones is 1. The van der Waals surface area contributed by atoms with E-state index in [-0.39, 0.29) is 5.92 Å². The largest absolute Gasteiger partial charge is 0.294 e. The van der Waals surface area contributed by atoms with Gasteiger partial charge in [0.05, 0.1) is 0 Å². The summed E-state index contributed by atoms with van der Waals surface area (Å²) in [6.07, 6.45) is 1.87. The molecule has 0 spiro atoms. The molecule has 0 radical (unpaired) electrons. The van der Waals surface area contributed by atoms with Crippen molar-refractivity contribution >= 4 is 5.78 Å². The molecule has 1 aromatic rings. The van der Waals surface area contributed by atoms with Gasteiger partial charge in [0.25, 0.3) is 0 Å². The zero-order valence-electron chi connectivity index (χ0n) is 11.1. The Bertz CT molecular complexity index is 363. The van der Waals surface area contributed by atoms with E-state index in [4.69, 9.17) is 0 Å². The SMILES string of the molecule is CCC(CC)C(=O)c1c(C)cc(C)cc1C. The molecule has 1 rings (SSSR count). The summed E-state index contributed by atoms with van der Waals surface area (Å²) in [6.45, 7) is 10.3. The van der Waals surface area contributed by atoms with Crippen molar-refractivity contribution < 1.29 is 4.79 Å². The summed E-state index contributed by atoms with van der Waals surface area (Å²) in [5.41, 5.74) is 4.42. The van der Waals surface area contributed by atoms with Crippen LogP contribution >= 0.6 is 0 Å². The van der Waals surface area contributed by atoms with Crippen LogP contribution in [0.2, 0.25) is 0 Å². The van der Waals surface area contributed by atoms with Gasteiger partial charge in [0.2, 0.25) is 0 Å². The molecule has 88 valence electrons. The van der Waals surface area contributed by atoms with Gasteiger partial charge in [-0.25, -0.2) is 0 Å². The van der Waals surface area contributed by atoms with Crippen LogP contribution in [0.15, 0.2) is 12.1 Å². The van der Waals surface area contributed by atoms with E-state index in [2.05, 4.69) is 32.9 Å². The molecule has 0 heterocycles. The van der Waals surface area contributed by atoms with Crippen LogP contribution in [0, 0.1) is 26.7 Å². The maximum atomic E-state index is 12.4. The third-order valence-corrected chi connectivity index (χ3v) is 3.28.